The predicted molar refractivity (Wildman–Crippen MR) is 56.5 cm³/mol. The van der Waals surface area contributed by atoms with Crippen molar-refractivity contribution in [3.8, 4) is 5.69 Å². The molecule has 1 atom stereocenters. The zero-order valence-electron chi connectivity index (χ0n) is 9.05. The van der Waals surface area contributed by atoms with Crippen LogP contribution in [0.4, 0.5) is 13.2 Å². The minimum absolute atomic E-state index is 0.0785. The number of halogens is 3. The van der Waals surface area contributed by atoms with Crippen LogP contribution in [0.3, 0.4) is 0 Å². The van der Waals surface area contributed by atoms with Gasteiger partial charge in [-0.1, -0.05) is 5.10 Å². The number of hydrogen-bond acceptors (Lipinski definition) is 4. The monoisotopic (exact) mass is 276 g/mol. The maximum absolute atomic E-state index is 12.4. The molecule has 2 aromatic rings. The SMILES string of the molecule is CS(=O)c1nnnn1-c1ccc(C(F)(F)F)cc1. The van der Waals surface area contributed by atoms with Crippen LogP contribution in [0.1, 0.15) is 5.56 Å². The molecule has 1 aromatic heterocycles. The fourth-order valence-corrected chi connectivity index (χ4v) is 1.85. The van der Waals surface area contributed by atoms with Gasteiger partial charge in [0.1, 0.15) is 0 Å². The number of nitrogens with zero attached hydrogens (tertiary/aromatic N) is 4. The van der Waals surface area contributed by atoms with Gasteiger partial charge in [0.25, 0.3) is 0 Å². The van der Waals surface area contributed by atoms with Crippen LogP contribution >= 0.6 is 0 Å². The molecule has 1 unspecified atom stereocenters. The van der Waals surface area contributed by atoms with Gasteiger partial charge in [0, 0.05) is 6.26 Å². The first-order valence-corrected chi connectivity index (χ1v) is 6.25. The van der Waals surface area contributed by atoms with Crippen LogP contribution in [0.2, 0.25) is 0 Å². The maximum atomic E-state index is 12.4. The fraction of sp³-hybridized carbons (Fsp3) is 0.222. The molecule has 1 aromatic carbocycles. The van der Waals surface area contributed by atoms with Gasteiger partial charge in [-0.05, 0) is 34.7 Å². The van der Waals surface area contributed by atoms with E-state index in [0.717, 1.165) is 16.8 Å². The van der Waals surface area contributed by atoms with Gasteiger partial charge in [-0.25, -0.2) is 0 Å². The highest BCUT2D eigenvalue weighted by atomic mass is 32.2. The van der Waals surface area contributed by atoms with Crippen LogP contribution in [-0.2, 0) is 17.0 Å². The third-order valence-corrected chi connectivity index (χ3v) is 2.91. The van der Waals surface area contributed by atoms with Crippen molar-refractivity contribution >= 4 is 10.8 Å². The second-order valence-electron chi connectivity index (χ2n) is 3.37. The Bertz CT molecular complexity index is 578. The lowest BCUT2D eigenvalue weighted by molar-refractivity contribution is -0.137. The van der Waals surface area contributed by atoms with Gasteiger partial charge in [-0.15, -0.1) is 0 Å². The first kappa shape index (κ1) is 12.7. The van der Waals surface area contributed by atoms with E-state index in [9.17, 15) is 17.4 Å². The zero-order chi connectivity index (χ0) is 13.3. The largest absolute Gasteiger partial charge is 0.416 e. The van der Waals surface area contributed by atoms with Crippen molar-refractivity contribution in [1.29, 1.82) is 0 Å². The molecule has 0 aliphatic heterocycles. The van der Waals surface area contributed by atoms with E-state index in [-0.39, 0.29) is 5.16 Å². The lowest BCUT2D eigenvalue weighted by Crippen LogP contribution is -2.07. The summed E-state index contributed by atoms with van der Waals surface area (Å²) in [5.41, 5.74) is -0.448. The molecule has 0 saturated heterocycles. The Balaban J connectivity index is 2.41. The van der Waals surface area contributed by atoms with Crippen molar-refractivity contribution in [3.05, 3.63) is 29.8 Å². The molecule has 0 bridgehead atoms. The molecular weight excluding hydrogens is 269 g/mol. The normalized spacial score (nSPS) is 13.6. The summed E-state index contributed by atoms with van der Waals surface area (Å²) in [5.74, 6) is 0. The van der Waals surface area contributed by atoms with Gasteiger partial charge >= 0.3 is 6.18 Å². The molecule has 0 aliphatic carbocycles. The Labute approximate surface area is 102 Å². The number of benzene rings is 1. The van der Waals surface area contributed by atoms with Crippen LogP contribution in [0.25, 0.3) is 5.69 Å². The van der Waals surface area contributed by atoms with E-state index in [1.165, 1.54) is 18.4 Å². The minimum Gasteiger partial charge on any atom is -0.251 e. The Kier molecular flexibility index (Phi) is 3.16. The van der Waals surface area contributed by atoms with Crippen LogP contribution in [0, 0.1) is 0 Å². The minimum atomic E-state index is -4.39. The van der Waals surface area contributed by atoms with Crippen LogP contribution < -0.4 is 0 Å². The van der Waals surface area contributed by atoms with Gasteiger partial charge in [-0.3, -0.25) is 4.21 Å². The highest BCUT2D eigenvalue weighted by molar-refractivity contribution is 7.84. The first-order valence-electron chi connectivity index (χ1n) is 4.69. The number of tetrazole rings is 1. The van der Waals surface area contributed by atoms with E-state index in [4.69, 9.17) is 0 Å². The summed E-state index contributed by atoms with van der Waals surface area (Å²) in [6.07, 6.45) is -3.01. The molecule has 0 amide bonds. The quantitative estimate of drug-likeness (QED) is 0.832. The van der Waals surface area contributed by atoms with Gasteiger partial charge in [0.05, 0.1) is 22.1 Å². The van der Waals surface area contributed by atoms with Crippen LogP contribution in [0.15, 0.2) is 29.4 Å². The number of hydrogen-bond donors (Lipinski definition) is 0. The fourth-order valence-electron chi connectivity index (χ4n) is 1.31. The summed E-state index contributed by atoms with van der Waals surface area (Å²) in [4.78, 5) is 0. The third kappa shape index (κ3) is 2.40. The maximum Gasteiger partial charge on any atom is 0.416 e. The molecule has 0 aliphatic rings. The summed E-state index contributed by atoms with van der Waals surface area (Å²) in [5, 5.41) is 10.5. The molecule has 0 radical (unpaired) electrons. The van der Waals surface area contributed by atoms with E-state index in [0.29, 0.717) is 5.69 Å². The van der Waals surface area contributed by atoms with E-state index < -0.39 is 22.5 Å². The van der Waals surface area contributed by atoms with Gasteiger partial charge in [0.2, 0.25) is 5.16 Å². The summed E-state index contributed by atoms with van der Waals surface area (Å²) >= 11 is 0. The third-order valence-electron chi connectivity index (χ3n) is 2.14. The van der Waals surface area contributed by atoms with E-state index in [1.54, 1.807) is 0 Å². The second kappa shape index (κ2) is 4.48. The zero-order valence-corrected chi connectivity index (χ0v) is 9.87. The van der Waals surface area contributed by atoms with Crippen LogP contribution in [0.5, 0.6) is 0 Å². The molecule has 0 spiro atoms. The Hall–Kier alpha value is -1.77. The smallest absolute Gasteiger partial charge is 0.251 e. The molecule has 96 valence electrons. The highest BCUT2D eigenvalue weighted by Crippen LogP contribution is 2.29. The molecule has 18 heavy (non-hydrogen) atoms. The first-order chi connectivity index (χ1) is 8.39. The number of aromatic nitrogens is 4. The average Bonchev–Trinajstić information content (AvgIpc) is 2.77. The summed E-state index contributed by atoms with van der Waals surface area (Å²) < 4.78 is 49.6. The van der Waals surface area contributed by atoms with Crippen molar-refractivity contribution in [2.24, 2.45) is 0 Å². The molecule has 0 fully saturated rings. The topological polar surface area (TPSA) is 60.7 Å². The predicted octanol–water partition coefficient (Wildman–Crippen LogP) is 1.42. The molecule has 0 saturated carbocycles. The number of rotatable bonds is 2. The van der Waals surface area contributed by atoms with Crippen molar-refractivity contribution in [2.75, 3.05) is 6.26 Å². The standard InChI is InChI=1S/C9H7F3N4OS/c1-18(17)8-13-14-15-16(8)7-4-2-6(3-5-7)9(10,11)12/h2-5H,1H3. The molecule has 9 heteroatoms. The second-order valence-corrected chi connectivity index (χ2v) is 4.65. The molecule has 2 rings (SSSR count). The Morgan fingerprint density at radius 2 is 1.83 bits per heavy atom. The lowest BCUT2D eigenvalue weighted by Gasteiger charge is -2.07. The van der Waals surface area contributed by atoms with Crippen molar-refractivity contribution in [1.82, 2.24) is 20.2 Å². The van der Waals surface area contributed by atoms with Crippen LogP contribution in [-0.4, -0.2) is 30.7 Å². The van der Waals surface area contributed by atoms with Gasteiger partial charge < -0.3 is 0 Å². The molecule has 1 heterocycles. The summed E-state index contributed by atoms with van der Waals surface area (Å²) in [6.45, 7) is 0. The Morgan fingerprint density at radius 1 is 1.22 bits per heavy atom. The summed E-state index contributed by atoms with van der Waals surface area (Å²) in [7, 11) is -1.43. The molecule has 5 nitrogen and oxygen atoms in total. The van der Waals surface area contributed by atoms with E-state index in [2.05, 4.69) is 15.5 Å². The molecule has 0 N–H and O–H groups in total. The van der Waals surface area contributed by atoms with E-state index in [1.807, 2.05) is 0 Å². The van der Waals surface area contributed by atoms with Crippen molar-refractivity contribution in [2.45, 2.75) is 11.3 Å². The van der Waals surface area contributed by atoms with E-state index >= 15 is 0 Å². The average molecular weight is 276 g/mol. The molecular formula is C9H7F3N4OS. The van der Waals surface area contributed by atoms with Gasteiger partial charge in [-0.2, -0.15) is 17.9 Å². The van der Waals surface area contributed by atoms with Gasteiger partial charge in [0.15, 0.2) is 0 Å². The van der Waals surface area contributed by atoms with Crippen molar-refractivity contribution in [3.63, 3.8) is 0 Å². The highest BCUT2D eigenvalue weighted by Gasteiger charge is 2.30. The lowest BCUT2D eigenvalue weighted by atomic mass is 10.2. The van der Waals surface area contributed by atoms with Crippen molar-refractivity contribution < 1.29 is 17.4 Å². The Morgan fingerprint density at radius 3 is 2.33 bits per heavy atom. The number of alkyl halides is 3. The summed E-state index contributed by atoms with van der Waals surface area (Å²) in [6, 6.07) is 4.27.